The average Bonchev–Trinajstić information content (AvgIpc) is 3.40. The van der Waals surface area contributed by atoms with Gasteiger partial charge in [0.15, 0.2) is 0 Å². The third kappa shape index (κ3) is 4.18. The van der Waals surface area contributed by atoms with E-state index in [0.29, 0.717) is 12.0 Å². The van der Waals surface area contributed by atoms with Crippen molar-refractivity contribution in [1.29, 1.82) is 0 Å². The molecule has 0 saturated heterocycles. The predicted molar refractivity (Wildman–Crippen MR) is 103 cm³/mol. The fourth-order valence-electron chi connectivity index (χ4n) is 4.60. The van der Waals surface area contributed by atoms with Crippen molar-refractivity contribution < 1.29 is 14.7 Å². The van der Waals surface area contributed by atoms with Gasteiger partial charge >= 0.3 is 5.97 Å². The third-order valence-electron chi connectivity index (χ3n) is 6.69. The molecule has 0 radical (unpaired) electrons. The summed E-state index contributed by atoms with van der Waals surface area (Å²) in [6, 6.07) is 8.91. The minimum absolute atomic E-state index is 0.121. The zero-order chi connectivity index (χ0) is 19.0. The van der Waals surface area contributed by atoms with Gasteiger partial charge in [0.2, 0.25) is 5.91 Å². The van der Waals surface area contributed by atoms with Gasteiger partial charge in [0.1, 0.15) is 0 Å². The van der Waals surface area contributed by atoms with Gasteiger partial charge in [0.25, 0.3) is 0 Å². The molecule has 2 N–H and O–H groups in total. The Morgan fingerprint density at radius 1 is 1.22 bits per heavy atom. The van der Waals surface area contributed by atoms with Crippen molar-refractivity contribution in [2.75, 3.05) is 13.1 Å². The van der Waals surface area contributed by atoms with Crippen molar-refractivity contribution in [1.82, 2.24) is 10.2 Å². The average molecular weight is 370 g/mol. The first kappa shape index (κ1) is 18.5. The van der Waals surface area contributed by atoms with Crippen LogP contribution in [0.5, 0.6) is 0 Å². The normalized spacial score (nSPS) is 29.7. The molecule has 0 bridgehead atoms. The molecule has 1 unspecified atom stereocenters. The molecule has 0 heterocycles. The van der Waals surface area contributed by atoms with Gasteiger partial charge in [0.05, 0.1) is 12.0 Å². The van der Waals surface area contributed by atoms with Gasteiger partial charge in [0, 0.05) is 18.6 Å². The Bertz CT molecular complexity index is 724. The Morgan fingerprint density at radius 3 is 2.59 bits per heavy atom. The first-order chi connectivity index (χ1) is 12.9. The number of fused-ring (bicyclic) bond motifs is 1. The van der Waals surface area contributed by atoms with Gasteiger partial charge in [-0.05, 0) is 62.0 Å². The summed E-state index contributed by atoms with van der Waals surface area (Å²) >= 11 is 0. The lowest BCUT2D eigenvalue weighted by atomic mass is 9.72. The number of hydrogen-bond acceptors (Lipinski definition) is 3. The Morgan fingerprint density at radius 2 is 1.93 bits per heavy atom. The summed E-state index contributed by atoms with van der Waals surface area (Å²) in [4.78, 5) is 26.2. The molecule has 5 heteroatoms. The zero-order valence-electron chi connectivity index (χ0n) is 16.1. The molecule has 5 nitrogen and oxygen atoms in total. The van der Waals surface area contributed by atoms with E-state index in [0.717, 1.165) is 38.6 Å². The summed E-state index contributed by atoms with van der Waals surface area (Å²) < 4.78 is 0. The van der Waals surface area contributed by atoms with Gasteiger partial charge in [-0.15, -0.1) is 0 Å². The van der Waals surface area contributed by atoms with Crippen molar-refractivity contribution in [2.24, 2.45) is 11.3 Å². The molecule has 27 heavy (non-hydrogen) atoms. The minimum atomic E-state index is -0.753. The van der Waals surface area contributed by atoms with E-state index < -0.39 is 5.97 Å². The summed E-state index contributed by atoms with van der Waals surface area (Å²) in [5.74, 6) is 0.0863. The number of aryl methyl sites for hydroxylation is 1. The molecule has 2 fully saturated rings. The van der Waals surface area contributed by atoms with Crippen LogP contribution in [0.3, 0.4) is 0 Å². The molecule has 1 aromatic carbocycles. The van der Waals surface area contributed by atoms with E-state index in [-0.39, 0.29) is 23.9 Å². The lowest BCUT2D eigenvalue weighted by molar-refractivity contribution is -0.140. The quantitative estimate of drug-likeness (QED) is 0.774. The van der Waals surface area contributed by atoms with Crippen molar-refractivity contribution in [2.45, 2.75) is 64.0 Å². The zero-order valence-corrected chi connectivity index (χ0v) is 16.1. The number of nitrogens with zero attached hydrogens (tertiary/aromatic N) is 1. The van der Waals surface area contributed by atoms with Gasteiger partial charge in [-0.2, -0.15) is 0 Å². The summed E-state index contributed by atoms with van der Waals surface area (Å²) in [6.07, 6.45) is 6.85. The van der Waals surface area contributed by atoms with Crippen LogP contribution in [0.15, 0.2) is 24.3 Å². The van der Waals surface area contributed by atoms with Crippen molar-refractivity contribution in [3.63, 3.8) is 0 Å². The molecular weight excluding hydrogens is 340 g/mol. The smallest absolute Gasteiger partial charge is 0.317 e. The van der Waals surface area contributed by atoms with Crippen LogP contribution in [0.25, 0.3) is 0 Å². The SMILES string of the molecule is CC1(C(=O)NC2CC(N(CC(=O)O)CC3CC3)C2)CCc2ccccc2C1. The highest BCUT2D eigenvalue weighted by Gasteiger charge is 2.42. The van der Waals surface area contributed by atoms with Crippen LogP contribution in [-0.2, 0) is 22.4 Å². The maximum Gasteiger partial charge on any atom is 0.317 e. The molecule has 3 aliphatic carbocycles. The number of carbonyl (C=O) groups excluding carboxylic acids is 1. The Balaban J connectivity index is 1.30. The summed E-state index contributed by atoms with van der Waals surface area (Å²) in [7, 11) is 0. The summed E-state index contributed by atoms with van der Waals surface area (Å²) in [5, 5.41) is 12.4. The predicted octanol–water partition coefficient (Wildman–Crippen LogP) is 2.63. The van der Waals surface area contributed by atoms with E-state index in [4.69, 9.17) is 5.11 Å². The fraction of sp³-hybridized carbons (Fsp3) is 0.636. The third-order valence-corrected chi connectivity index (χ3v) is 6.69. The van der Waals surface area contributed by atoms with Gasteiger partial charge < -0.3 is 10.4 Å². The molecule has 2 saturated carbocycles. The number of hydrogen-bond donors (Lipinski definition) is 2. The molecule has 1 atom stereocenters. The highest BCUT2D eigenvalue weighted by atomic mass is 16.4. The molecule has 3 aliphatic rings. The van der Waals surface area contributed by atoms with Crippen LogP contribution in [-0.4, -0.2) is 47.1 Å². The van der Waals surface area contributed by atoms with E-state index in [1.165, 1.54) is 24.0 Å². The monoisotopic (exact) mass is 370 g/mol. The Hall–Kier alpha value is -1.88. The van der Waals surface area contributed by atoms with Crippen LogP contribution >= 0.6 is 0 Å². The summed E-state index contributed by atoms with van der Waals surface area (Å²) in [5.41, 5.74) is 2.33. The standard InChI is InChI=1S/C22H30N2O3/c1-22(9-8-16-4-2-3-5-17(16)12-22)21(27)23-18-10-19(11-18)24(14-20(25)26)13-15-6-7-15/h2-5,15,18-19H,6-14H2,1H3,(H,23,27)(H,25,26). The first-order valence-electron chi connectivity index (χ1n) is 10.3. The molecule has 1 amide bonds. The van der Waals surface area contributed by atoms with E-state index in [1.807, 2.05) is 0 Å². The van der Waals surface area contributed by atoms with Crippen molar-refractivity contribution in [3.05, 3.63) is 35.4 Å². The van der Waals surface area contributed by atoms with Crippen molar-refractivity contribution >= 4 is 11.9 Å². The van der Waals surface area contributed by atoms with Gasteiger partial charge in [-0.25, -0.2) is 0 Å². The molecule has 0 aromatic heterocycles. The van der Waals surface area contributed by atoms with Crippen LogP contribution < -0.4 is 5.32 Å². The minimum Gasteiger partial charge on any atom is -0.480 e. The lowest BCUT2D eigenvalue weighted by Gasteiger charge is -2.44. The van der Waals surface area contributed by atoms with E-state index >= 15 is 0 Å². The number of carbonyl (C=O) groups is 2. The molecule has 0 aliphatic heterocycles. The Labute approximate surface area is 161 Å². The van der Waals surface area contributed by atoms with Crippen LogP contribution in [0.1, 0.15) is 50.2 Å². The maximum atomic E-state index is 13.0. The highest BCUT2D eigenvalue weighted by molar-refractivity contribution is 5.83. The van der Waals surface area contributed by atoms with Crippen molar-refractivity contribution in [3.8, 4) is 0 Å². The number of rotatable bonds is 7. The second-order valence-corrected chi connectivity index (χ2v) is 9.07. The number of benzene rings is 1. The molecule has 146 valence electrons. The maximum absolute atomic E-state index is 13.0. The van der Waals surface area contributed by atoms with Crippen LogP contribution in [0.4, 0.5) is 0 Å². The van der Waals surface area contributed by atoms with Crippen LogP contribution in [0, 0.1) is 11.3 Å². The molecular formula is C22H30N2O3. The number of aliphatic carboxylic acids is 1. The summed E-state index contributed by atoms with van der Waals surface area (Å²) in [6.45, 7) is 3.10. The highest BCUT2D eigenvalue weighted by Crippen LogP contribution is 2.37. The number of nitrogens with one attached hydrogen (secondary N) is 1. The largest absolute Gasteiger partial charge is 0.480 e. The molecule has 1 aromatic rings. The first-order valence-corrected chi connectivity index (χ1v) is 10.3. The topological polar surface area (TPSA) is 69.6 Å². The second kappa shape index (κ2) is 7.27. The van der Waals surface area contributed by atoms with Gasteiger partial charge in [-0.1, -0.05) is 31.2 Å². The fourth-order valence-corrected chi connectivity index (χ4v) is 4.60. The number of amides is 1. The van der Waals surface area contributed by atoms with E-state index in [9.17, 15) is 9.59 Å². The van der Waals surface area contributed by atoms with Crippen LogP contribution in [0.2, 0.25) is 0 Å². The van der Waals surface area contributed by atoms with Gasteiger partial charge in [-0.3, -0.25) is 14.5 Å². The Kier molecular flexibility index (Phi) is 4.97. The molecule has 4 rings (SSSR count). The van der Waals surface area contributed by atoms with E-state index in [2.05, 4.69) is 41.4 Å². The lowest BCUT2D eigenvalue weighted by Crippen LogP contribution is -2.57. The number of carboxylic acids is 1. The second-order valence-electron chi connectivity index (χ2n) is 9.07. The number of carboxylic acid groups (broad SMARTS) is 1. The molecule has 0 spiro atoms. The van der Waals surface area contributed by atoms with E-state index in [1.54, 1.807) is 0 Å².